The van der Waals surface area contributed by atoms with Crippen LogP contribution in [0.25, 0.3) is 10.7 Å². The van der Waals surface area contributed by atoms with Crippen LogP contribution in [0.15, 0.2) is 40.2 Å². The Morgan fingerprint density at radius 2 is 2.04 bits per heavy atom. The average Bonchev–Trinajstić information content (AvgIpc) is 3.39. The molecule has 1 unspecified atom stereocenters. The molecule has 0 aliphatic carbocycles. The van der Waals surface area contributed by atoms with E-state index in [1.165, 1.54) is 0 Å². The van der Waals surface area contributed by atoms with Crippen LogP contribution in [0.3, 0.4) is 0 Å². The number of aryl methyl sites for hydroxylation is 1. The summed E-state index contributed by atoms with van der Waals surface area (Å²) >= 11 is 1.58. The molecule has 0 spiro atoms. The minimum atomic E-state index is -0.304. The Balaban J connectivity index is 1.44. The fourth-order valence-corrected chi connectivity index (χ4v) is 4.11. The number of anilines is 1. The summed E-state index contributed by atoms with van der Waals surface area (Å²) in [4.78, 5) is 21.0. The first-order chi connectivity index (χ1) is 13.5. The van der Waals surface area contributed by atoms with Gasteiger partial charge in [0.1, 0.15) is 5.69 Å². The summed E-state index contributed by atoms with van der Waals surface area (Å²) in [6, 6.07) is 9.32. The summed E-state index contributed by atoms with van der Waals surface area (Å²) in [6.07, 6.45) is 0. The van der Waals surface area contributed by atoms with Gasteiger partial charge in [-0.15, -0.1) is 11.3 Å². The highest BCUT2D eigenvalue weighted by atomic mass is 32.1. The van der Waals surface area contributed by atoms with Crippen LogP contribution < -0.4 is 4.90 Å². The predicted octanol–water partition coefficient (Wildman–Crippen LogP) is 3.90. The van der Waals surface area contributed by atoms with E-state index in [0.29, 0.717) is 30.5 Å². The molecule has 0 N–H and O–H groups in total. The average molecular weight is 399 g/mol. The van der Waals surface area contributed by atoms with E-state index in [-0.39, 0.29) is 16.7 Å². The van der Waals surface area contributed by atoms with Crippen molar-refractivity contribution in [2.45, 2.75) is 19.9 Å². The molecule has 1 atom stereocenters. The van der Waals surface area contributed by atoms with Gasteiger partial charge in [-0.05, 0) is 36.9 Å². The van der Waals surface area contributed by atoms with Crippen LogP contribution in [-0.2, 0) is 0 Å². The number of nitro groups is 1. The summed E-state index contributed by atoms with van der Waals surface area (Å²) in [7, 11) is 0. The maximum atomic E-state index is 11.4. The molecule has 1 aliphatic heterocycles. The summed E-state index contributed by atoms with van der Waals surface area (Å²) in [5.74, 6) is 1.21. The minimum absolute atomic E-state index is 0.00336. The maximum absolute atomic E-state index is 11.4. The Hall–Kier alpha value is -2.78. The SMILES string of the molecule is Cc1ccc(N2CCN(C(C)c3nc(-c4cccs4)no3)CC2)c([N+](=O)[O-])c1. The van der Waals surface area contributed by atoms with Crippen molar-refractivity contribution in [2.75, 3.05) is 31.1 Å². The van der Waals surface area contributed by atoms with Gasteiger partial charge in [-0.25, -0.2) is 0 Å². The van der Waals surface area contributed by atoms with Crippen molar-refractivity contribution in [1.29, 1.82) is 0 Å². The topological polar surface area (TPSA) is 88.5 Å². The molecule has 3 heterocycles. The number of hydrogen-bond acceptors (Lipinski definition) is 8. The lowest BCUT2D eigenvalue weighted by Gasteiger charge is -2.37. The fourth-order valence-electron chi connectivity index (χ4n) is 3.46. The zero-order valence-electron chi connectivity index (χ0n) is 15.7. The third kappa shape index (κ3) is 3.63. The lowest BCUT2D eigenvalue weighted by Crippen LogP contribution is -2.47. The van der Waals surface area contributed by atoms with Gasteiger partial charge in [-0.1, -0.05) is 17.3 Å². The van der Waals surface area contributed by atoms with Crippen LogP contribution in [0.1, 0.15) is 24.4 Å². The van der Waals surface area contributed by atoms with E-state index in [0.717, 1.165) is 23.5 Å². The number of benzene rings is 1. The van der Waals surface area contributed by atoms with Crippen molar-refractivity contribution in [2.24, 2.45) is 0 Å². The first-order valence-electron chi connectivity index (χ1n) is 9.14. The Kier molecular flexibility index (Phi) is 5.10. The van der Waals surface area contributed by atoms with E-state index in [4.69, 9.17) is 4.52 Å². The lowest BCUT2D eigenvalue weighted by atomic mass is 10.1. The van der Waals surface area contributed by atoms with E-state index in [9.17, 15) is 10.1 Å². The van der Waals surface area contributed by atoms with Gasteiger partial charge in [-0.2, -0.15) is 4.98 Å². The van der Waals surface area contributed by atoms with Gasteiger partial charge in [-0.3, -0.25) is 15.0 Å². The molecule has 1 saturated heterocycles. The first kappa shape index (κ1) is 18.6. The van der Waals surface area contributed by atoms with Gasteiger partial charge in [0.2, 0.25) is 11.7 Å². The molecule has 0 bridgehead atoms. The van der Waals surface area contributed by atoms with Crippen molar-refractivity contribution in [3.8, 4) is 10.7 Å². The second-order valence-corrected chi connectivity index (χ2v) is 7.83. The van der Waals surface area contributed by atoms with Gasteiger partial charge in [0.15, 0.2) is 0 Å². The summed E-state index contributed by atoms with van der Waals surface area (Å²) in [5.41, 5.74) is 1.74. The van der Waals surface area contributed by atoms with Gasteiger partial charge < -0.3 is 9.42 Å². The highest BCUT2D eigenvalue weighted by Gasteiger charge is 2.28. The van der Waals surface area contributed by atoms with Crippen molar-refractivity contribution in [3.63, 3.8) is 0 Å². The smallest absolute Gasteiger partial charge is 0.292 e. The zero-order chi connectivity index (χ0) is 19.7. The molecule has 8 nitrogen and oxygen atoms in total. The third-order valence-electron chi connectivity index (χ3n) is 5.07. The van der Waals surface area contributed by atoms with Crippen LogP contribution >= 0.6 is 11.3 Å². The highest BCUT2D eigenvalue weighted by molar-refractivity contribution is 7.13. The number of thiophene rings is 1. The monoisotopic (exact) mass is 399 g/mol. The molecule has 4 rings (SSSR count). The molecule has 1 fully saturated rings. The van der Waals surface area contributed by atoms with Crippen LogP contribution in [0.2, 0.25) is 0 Å². The minimum Gasteiger partial charge on any atom is -0.363 e. The number of hydrogen-bond donors (Lipinski definition) is 0. The standard InChI is InChI=1S/C19H21N5O3S/c1-13-5-6-15(16(12-13)24(25)26)23-9-7-22(8-10-23)14(2)19-20-18(21-27-19)17-4-3-11-28-17/h3-6,11-12,14H,7-10H2,1-2H3. The second kappa shape index (κ2) is 7.69. The van der Waals surface area contributed by atoms with E-state index in [2.05, 4.69) is 26.9 Å². The Morgan fingerprint density at radius 1 is 1.25 bits per heavy atom. The van der Waals surface area contributed by atoms with E-state index >= 15 is 0 Å². The number of aromatic nitrogens is 2. The van der Waals surface area contributed by atoms with Gasteiger partial charge in [0.05, 0.1) is 15.8 Å². The highest BCUT2D eigenvalue weighted by Crippen LogP contribution is 2.31. The molecule has 0 radical (unpaired) electrons. The fraction of sp³-hybridized carbons (Fsp3) is 0.368. The molecular formula is C19H21N5O3S. The molecule has 0 saturated carbocycles. The molecular weight excluding hydrogens is 378 g/mol. The van der Waals surface area contributed by atoms with Crippen molar-refractivity contribution in [1.82, 2.24) is 15.0 Å². The molecule has 9 heteroatoms. The van der Waals surface area contributed by atoms with E-state index in [1.54, 1.807) is 17.4 Å². The van der Waals surface area contributed by atoms with Crippen molar-refractivity contribution in [3.05, 3.63) is 57.3 Å². The number of nitro benzene ring substituents is 1. The van der Waals surface area contributed by atoms with E-state index in [1.807, 2.05) is 36.6 Å². The molecule has 28 heavy (non-hydrogen) atoms. The van der Waals surface area contributed by atoms with Gasteiger partial charge in [0.25, 0.3) is 5.69 Å². The van der Waals surface area contributed by atoms with Crippen molar-refractivity contribution >= 4 is 22.7 Å². The first-order valence-corrected chi connectivity index (χ1v) is 10.0. The zero-order valence-corrected chi connectivity index (χ0v) is 16.6. The summed E-state index contributed by atoms with van der Waals surface area (Å²) < 4.78 is 5.48. The molecule has 1 aromatic carbocycles. The van der Waals surface area contributed by atoms with Crippen LogP contribution in [-0.4, -0.2) is 46.1 Å². The second-order valence-electron chi connectivity index (χ2n) is 6.88. The Morgan fingerprint density at radius 3 is 2.71 bits per heavy atom. The number of piperazine rings is 1. The quantitative estimate of drug-likeness (QED) is 0.475. The van der Waals surface area contributed by atoms with Gasteiger partial charge in [0, 0.05) is 32.2 Å². The van der Waals surface area contributed by atoms with E-state index < -0.39 is 0 Å². The lowest BCUT2D eigenvalue weighted by molar-refractivity contribution is -0.384. The van der Waals surface area contributed by atoms with Crippen LogP contribution in [0.5, 0.6) is 0 Å². The molecule has 146 valence electrons. The number of rotatable bonds is 5. The van der Waals surface area contributed by atoms with Crippen molar-refractivity contribution < 1.29 is 9.45 Å². The van der Waals surface area contributed by atoms with Gasteiger partial charge >= 0.3 is 0 Å². The molecule has 2 aromatic heterocycles. The Bertz CT molecular complexity index is 964. The Labute approximate surface area is 166 Å². The summed E-state index contributed by atoms with van der Waals surface area (Å²) in [6.45, 7) is 6.87. The molecule has 0 amide bonds. The summed E-state index contributed by atoms with van der Waals surface area (Å²) in [5, 5.41) is 17.5. The molecule has 3 aromatic rings. The largest absolute Gasteiger partial charge is 0.363 e. The normalized spacial score (nSPS) is 16.3. The van der Waals surface area contributed by atoms with Crippen LogP contribution in [0.4, 0.5) is 11.4 Å². The number of nitrogens with zero attached hydrogens (tertiary/aromatic N) is 5. The van der Waals surface area contributed by atoms with Crippen LogP contribution in [0, 0.1) is 17.0 Å². The predicted molar refractivity (Wildman–Crippen MR) is 108 cm³/mol. The third-order valence-corrected chi connectivity index (χ3v) is 5.94. The maximum Gasteiger partial charge on any atom is 0.292 e. The molecule has 1 aliphatic rings.